The number of carbonyl (C=O) groups is 1. The Bertz CT molecular complexity index is 736. The number of rotatable bonds is 5. The number of benzene rings is 2. The summed E-state index contributed by atoms with van der Waals surface area (Å²) in [6.45, 7) is 4.45. The maximum absolute atomic E-state index is 12.4. The minimum atomic E-state index is -0.449. The zero-order chi connectivity index (χ0) is 16.8. The van der Waals surface area contributed by atoms with E-state index < -0.39 is 4.92 Å². The Morgan fingerprint density at radius 3 is 2.39 bits per heavy atom. The number of hydrogen-bond donors (Lipinski definition) is 0. The van der Waals surface area contributed by atoms with Gasteiger partial charge in [-0.05, 0) is 49.2 Å². The molecular weight excluding hydrogens is 292 g/mol. The molecule has 0 saturated heterocycles. The largest absolute Gasteiger partial charge is 0.309 e. The average Bonchev–Trinajstić information content (AvgIpc) is 2.55. The molecule has 0 aliphatic rings. The summed E-state index contributed by atoms with van der Waals surface area (Å²) in [5.41, 5.74) is 2.69. The zero-order valence-electron chi connectivity index (χ0n) is 13.1. The van der Waals surface area contributed by atoms with Crippen LogP contribution in [-0.2, 0) is 4.79 Å². The first-order chi connectivity index (χ1) is 11.0. The molecule has 0 saturated carbocycles. The number of hydrogen-bond acceptors (Lipinski definition) is 3. The quantitative estimate of drug-likeness (QED) is 0.477. The van der Waals surface area contributed by atoms with Gasteiger partial charge in [-0.2, -0.15) is 0 Å². The van der Waals surface area contributed by atoms with E-state index in [1.54, 1.807) is 23.1 Å². The first kappa shape index (κ1) is 16.4. The first-order valence-electron chi connectivity index (χ1n) is 7.32. The summed E-state index contributed by atoms with van der Waals surface area (Å²) in [5, 5.41) is 10.6. The Morgan fingerprint density at radius 2 is 1.83 bits per heavy atom. The SMILES string of the molecule is CCN(C(=O)/C=C/c1ccc([N+](=O)[O-])cc1)c1ccccc1C. The van der Waals surface area contributed by atoms with E-state index in [0.29, 0.717) is 6.54 Å². The molecule has 0 radical (unpaired) electrons. The van der Waals surface area contributed by atoms with E-state index in [9.17, 15) is 14.9 Å². The molecule has 0 unspecified atom stereocenters. The van der Waals surface area contributed by atoms with E-state index in [4.69, 9.17) is 0 Å². The molecule has 0 N–H and O–H groups in total. The van der Waals surface area contributed by atoms with Crippen molar-refractivity contribution in [2.45, 2.75) is 13.8 Å². The molecule has 0 atom stereocenters. The highest BCUT2D eigenvalue weighted by atomic mass is 16.6. The minimum absolute atomic E-state index is 0.0311. The van der Waals surface area contributed by atoms with Crippen molar-refractivity contribution in [2.24, 2.45) is 0 Å². The van der Waals surface area contributed by atoms with Crippen LogP contribution in [0.5, 0.6) is 0 Å². The second-order valence-corrected chi connectivity index (χ2v) is 5.05. The van der Waals surface area contributed by atoms with E-state index >= 15 is 0 Å². The fourth-order valence-corrected chi connectivity index (χ4v) is 2.28. The van der Waals surface area contributed by atoms with E-state index in [-0.39, 0.29) is 11.6 Å². The number of likely N-dealkylation sites (N-methyl/N-ethyl adjacent to an activating group) is 1. The maximum atomic E-state index is 12.4. The van der Waals surface area contributed by atoms with Crippen LogP contribution in [0.3, 0.4) is 0 Å². The Morgan fingerprint density at radius 1 is 1.17 bits per heavy atom. The number of anilines is 1. The van der Waals surface area contributed by atoms with Gasteiger partial charge in [0.15, 0.2) is 0 Å². The van der Waals surface area contributed by atoms with Gasteiger partial charge in [-0.15, -0.1) is 0 Å². The summed E-state index contributed by atoms with van der Waals surface area (Å²) in [6, 6.07) is 13.8. The maximum Gasteiger partial charge on any atom is 0.269 e. The summed E-state index contributed by atoms with van der Waals surface area (Å²) >= 11 is 0. The summed E-state index contributed by atoms with van der Waals surface area (Å²) in [4.78, 5) is 24.3. The van der Waals surface area contributed by atoms with E-state index in [2.05, 4.69) is 0 Å². The minimum Gasteiger partial charge on any atom is -0.309 e. The first-order valence-corrected chi connectivity index (χ1v) is 7.32. The van der Waals surface area contributed by atoms with Gasteiger partial charge in [0.1, 0.15) is 0 Å². The summed E-state index contributed by atoms with van der Waals surface area (Å²) < 4.78 is 0. The van der Waals surface area contributed by atoms with Crippen LogP contribution in [0, 0.1) is 17.0 Å². The molecule has 2 aromatic rings. The van der Waals surface area contributed by atoms with E-state index in [1.807, 2.05) is 38.1 Å². The highest BCUT2D eigenvalue weighted by molar-refractivity contribution is 6.04. The van der Waals surface area contributed by atoms with Crippen LogP contribution < -0.4 is 4.90 Å². The lowest BCUT2D eigenvalue weighted by Crippen LogP contribution is -2.29. The van der Waals surface area contributed by atoms with Crippen LogP contribution in [0.4, 0.5) is 11.4 Å². The molecule has 0 fully saturated rings. The lowest BCUT2D eigenvalue weighted by Gasteiger charge is -2.21. The summed E-state index contributed by atoms with van der Waals surface area (Å²) in [5.74, 6) is -0.125. The lowest BCUT2D eigenvalue weighted by molar-refractivity contribution is -0.384. The molecular formula is C18H18N2O3. The second-order valence-electron chi connectivity index (χ2n) is 5.05. The molecule has 0 bridgehead atoms. The van der Waals surface area contributed by atoms with Crippen molar-refractivity contribution in [3.8, 4) is 0 Å². The fraction of sp³-hybridized carbons (Fsp3) is 0.167. The standard InChI is InChI=1S/C18H18N2O3/c1-3-19(17-7-5-4-6-14(17)2)18(21)13-10-15-8-11-16(12-9-15)20(22)23/h4-13H,3H2,1-2H3/b13-10+. The smallest absolute Gasteiger partial charge is 0.269 e. The van der Waals surface area contributed by atoms with Crippen LogP contribution in [0.15, 0.2) is 54.6 Å². The third-order valence-electron chi connectivity index (χ3n) is 3.51. The number of non-ortho nitro benzene ring substituents is 1. The fourth-order valence-electron chi connectivity index (χ4n) is 2.28. The molecule has 0 heterocycles. The molecule has 1 amide bonds. The topological polar surface area (TPSA) is 63.5 Å². The summed E-state index contributed by atoms with van der Waals surface area (Å²) in [7, 11) is 0. The number of amides is 1. The number of nitro benzene ring substituents is 1. The summed E-state index contributed by atoms with van der Waals surface area (Å²) in [6.07, 6.45) is 3.14. The predicted octanol–water partition coefficient (Wildman–Crippen LogP) is 3.97. The third-order valence-corrected chi connectivity index (χ3v) is 3.51. The number of nitro groups is 1. The van der Waals surface area contributed by atoms with Crippen molar-refractivity contribution >= 4 is 23.4 Å². The third kappa shape index (κ3) is 4.03. The van der Waals surface area contributed by atoms with E-state index in [0.717, 1.165) is 16.8 Å². The number of aryl methyl sites for hydroxylation is 1. The highest BCUT2D eigenvalue weighted by Gasteiger charge is 2.12. The van der Waals surface area contributed by atoms with Gasteiger partial charge in [0.2, 0.25) is 0 Å². The van der Waals surface area contributed by atoms with Gasteiger partial charge in [-0.1, -0.05) is 18.2 Å². The molecule has 5 nitrogen and oxygen atoms in total. The molecule has 0 aliphatic carbocycles. The van der Waals surface area contributed by atoms with Gasteiger partial charge in [0.05, 0.1) is 4.92 Å². The van der Waals surface area contributed by atoms with Crippen LogP contribution in [0.1, 0.15) is 18.1 Å². The predicted molar refractivity (Wildman–Crippen MR) is 91.3 cm³/mol. The van der Waals surface area contributed by atoms with Crippen molar-refractivity contribution in [2.75, 3.05) is 11.4 Å². The van der Waals surface area contributed by atoms with Gasteiger partial charge < -0.3 is 4.90 Å². The van der Waals surface area contributed by atoms with Crippen molar-refractivity contribution in [3.63, 3.8) is 0 Å². The molecule has 23 heavy (non-hydrogen) atoms. The Labute approximate surface area is 135 Å². The molecule has 0 aliphatic heterocycles. The van der Waals surface area contributed by atoms with Crippen LogP contribution in [0.2, 0.25) is 0 Å². The van der Waals surface area contributed by atoms with Gasteiger partial charge in [0, 0.05) is 30.4 Å². The highest BCUT2D eigenvalue weighted by Crippen LogP contribution is 2.20. The van der Waals surface area contributed by atoms with Crippen LogP contribution >= 0.6 is 0 Å². The number of carbonyl (C=O) groups excluding carboxylic acids is 1. The molecule has 2 aromatic carbocycles. The van der Waals surface area contributed by atoms with Gasteiger partial charge in [-0.25, -0.2) is 0 Å². The molecule has 0 spiro atoms. The lowest BCUT2D eigenvalue weighted by atomic mass is 10.1. The van der Waals surface area contributed by atoms with Crippen molar-refractivity contribution < 1.29 is 9.72 Å². The van der Waals surface area contributed by atoms with Crippen molar-refractivity contribution in [3.05, 3.63) is 75.8 Å². The Balaban J connectivity index is 2.16. The second kappa shape index (κ2) is 7.35. The molecule has 0 aromatic heterocycles. The molecule has 5 heteroatoms. The van der Waals surface area contributed by atoms with Gasteiger partial charge in [0.25, 0.3) is 11.6 Å². The zero-order valence-corrected chi connectivity index (χ0v) is 13.1. The van der Waals surface area contributed by atoms with Gasteiger partial charge >= 0.3 is 0 Å². The molecule has 118 valence electrons. The van der Waals surface area contributed by atoms with Crippen molar-refractivity contribution in [1.82, 2.24) is 0 Å². The average molecular weight is 310 g/mol. The number of nitrogens with zero attached hydrogens (tertiary/aromatic N) is 2. The Kier molecular flexibility index (Phi) is 5.25. The Hall–Kier alpha value is -2.95. The van der Waals surface area contributed by atoms with Crippen LogP contribution in [0.25, 0.3) is 6.08 Å². The normalized spacial score (nSPS) is 10.7. The monoisotopic (exact) mass is 310 g/mol. The van der Waals surface area contributed by atoms with Crippen LogP contribution in [-0.4, -0.2) is 17.4 Å². The van der Waals surface area contributed by atoms with Crippen molar-refractivity contribution in [1.29, 1.82) is 0 Å². The van der Waals surface area contributed by atoms with E-state index in [1.165, 1.54) is 18.2 Å². The molecule has 2 rings (SSSR count). The van der Waals surface area contributed by atoms with Gasteiger partial charge in [-0.3, -0.25) is 14.9 Å². The number of para-hydroxylation sites is 1.